The van der Waals surface area contributed by atoms with Gasteiger partial charge in [0.2, 0.25) is 0 Å². The number of imidazole rings is 1. The first kappa shape index (κ1) is 13.5. The lowest BCUT2D eigenvalue weighted by Gasteiger charge is -2.12. The van der Waals surface area contributed by atoms with Crippen LogP contribution >= 0.6 is 0 Å². The zero-order valence-corrected chi connectivity index (χ0v) is 11.1. The Balaban J connectivity index is 2.39. The molecule has 0 fully saturated rings. The van der Waals surface area contributed by atoms with Gasteiger partial charge in [-0.05, 0) is 32.4 Å². The van der Waals surface area contributed by atoms with E-state index in [-0.39, 0.29) is 18.3 Å². The monoisotopic (exact) mass is 264 g/mol. The topological polar surface area (TPSA) is 55.1 Å². The third kappa shape index (κ3) is 2.75. The first-order valence-corrected chi connectivity index (χ1v) is 6.38. The average Bonchev–Trinajstić information content (AvgIpc) is 2.68. The number of carbonyl (C=O) groups is 1. The molecule has 0 radical (unpaired) electrons. The maximum Gasteiger partial charge on any atom is 0.303 e. The van der Waals surface area contributed by atoms with E-state index in [1.807, 2.05) is 24.5 Å². The van der Waals surface area contributed by atoms with Crippen LogP contribution in [0.3, 0.4) is 0 Å². The Hall–Kier alpha value is -1.91. The zero-order chi connectivity index (χ0) is 14.0. The molecule has 0 aliphatic rings. The molecule has 1 heterocycles. The molecule has 0 amide bonds. The van der Waals surface area contributed by atoms with Crippen LogP contribution in [0.4, 0.5) is 4.39 Å². The molecule has 1 N–H and O–H groups in total. The van der Waals surface area contributed by atoms with Crippen LogP contribution in [-0.2, 0) is 11.2 Å². The van der Waals surface area contributed by atoms with E-state index in [1.165, 1.54) is 6.07 Å². The third-order valence-corrected chi connectivity index (χ3v) is 3.05. The van der Waals surface area contributed by atoms with Crippen molar-refractivity contribution in [3.63, 3.8) is 0 Å². The quantitative estimate of drug-likeness (QED) is 0.902. The summed E-state index contributed by atoms with van der Waals surface area (Å²) in [5.41, 5.74) is 1.13. The molecule has 102 valence electrons. The van der Waals surface area contributed by atoms with Gasteiger partial charge in [-0.2, -0.15) is 0 Å². The molecule has 2 rings (SSSR count). The predicted molar refractivity (Wildman–Crippen MR) is 70.6 cm³/mol. The van der Waals surface area contributed by atoms with Crippen LogP contribution < -0.4 is 0 Å². The van der Waals surface area contributed by atoms with Gasteiger partial charge in [-0.1, -0.05) is 6.07 Å². The highest BCUT2D eigenvalue weighted by Crippen LogP contribution is 2.24. The van der Waals surface area contributed by atoms with Crippen LogP contribution in [0.2, 0.25) is 0 Å². The SMILES string of the molecule is CC(C)n1c(CCCC(=O)O)nc2c(F)cccc21. The number of carboxylic acid groups (broad SMARTS) is 1. The standard InChI is InChI=1S/C14H17FN2O2/c1-9(2)17-11-6-3-5-10(15)14(11)16-12(17)7-4-8-13(18)19/h3,5-6,9H,4,7-8H2,1-2H3,(H,18,19). The van der Waals surface area contributed by atoms with Crippen molar-refractivity contribution < 1.29 is 14.3 Å². The number of aromatic nitrogens is 2. The largest absolute Gasteiger partial charge is 0.481 e. The molecule has 0 unspecified atom stereocenters. The number of rotatable bonds is 5. The number of hydrogen-bond acceptors (Lipinski definition) is 2. The lowest BCUT2D eigenvalue weighted by Crippen LogP contribution is -2.07. The Morgan fingerprint density at radius 3 is 2.84 bits per heavy atom. The van der Waals surface area contributed by atoms with Gasteiger partial charge in [0.1, 0.15) is 11.3 Å². The normalized spacial score (nSPS) is 11.4. The summed E-state index contributed by atoms with van der Waals surface area (Å²) in [4.78, 5) is 14.9. The molecular weight excluding hydrogens is 247 g/mol. The number of nitrogens with zero attached hydrogens (tertiary/aromatic N) is 2. The zero-order valence-electron chi connectivity index (χ0n) is 11.1. The van der Waals surface area contributed by atoms with Gasteiger partial charge in [-0.15, -0.1) is 0 Å². The molecule has 4 nitrogen and oxygen atoms in total. The van der Waals surface area contributed by atoms with Crippen LogP contribution in [-0.4, -0.2) is 20.6 Å². The van der Waals surface area contributed by atoms with E-state index in [0.29, 0.717) is 18.4 Å². The summed E-state index contributed by atoms with van der Waals surface area (Å²) in [6, 6.07) is 5.05. The molecule has 19 heavy (non-hydrogen) atoms. The molecule has 5 heteroatoms. The first-order valence-electron chi connectivity index (χ1n) is 6.38. The summed E-state index contributed by atoms with van der Waals surface area (Å²) in [6.07, 6.45) is 1.15. The molecule has 2 aromatic rings. The average molecular weight is 264 g/mol. The van der Waals surface area contributed by atoms with Gasteiger partial charge in [0, 0.05) is 18.9 Å². The van der Waals surface area contributed by atoms with Crippen LogP contribution in [0.5, 0.6) is 0 Å². The molecule has 0 bridgehead atoms. The lowest BCUT2D eigenvalue weighted by molar-refractivity contribution is -0.137. The van der Waals surface area contributed by atoms with Crippen LogP contribution in [0, 0.1) is 5.82 Å². The number of benzene rings is 1. The number of aliphatic carboxylic acids is 1. The summed E-state index contributed by atoms with van der Waals surface area (Å²) in [6.45, 7) is 4.01. The van der Waals surface area contributed by atoms with Gasteiger partial charge in [0.25, 0.3) is 0 Å². The van der Waals surface area contributed by atoms with E-state index in [4.69, 9.17) is 5.11 Å². The van der Waals surface area contributed by atoms with Gasteiger partial charge in [0.15, 0.2) is 5.82 Å². The number of fused-ring (bicyclic) bond motifs is 1. The van der Waals surface area contributed by atoms with Crippen molar-refractivity contribution in [1.82, 2.24) is 9.55 Å². The highest BCUT2D eigenvalue weighted by atomic mass is 19.1. The van der Waals surface area contributed by atoms with Crippen molar-refractivity contribution in [1.29, 1.82) is 0 Å². The van der Waals surface area contributed by atoms with Gasteiger partial charge < -0.3 is 9.67 Å². The Morgan fingerprint density at radius 2 is 2.21 bits per heavy atom. The van der Waals surface area contributed by atoms with E-state index < -0.39 is 5.97 Å². The Bertz CT molecular complexity index is 605. The van der Waals surface area contributed by atoms with E-state index in [0.717, 1.165) is 11.3 Å². The molecule has 0 aliphatic carbocycles. The van der Waals surface area contributed by atoms with E-state index >= 15 is 0 Å². The second-order valence-corrected chi connectivity index (χ2v) is 4.85. The van der Waals surface area contributed by atoms with Crippen molar-refractivity contribution >= 4 is 17.0 Å². The van der Waals surface area contributed by atoms with Gasteiger partial charge in [0.05, 0.1) is 5.52 Å². The third-order valence-electron chi connectivity index (χ3n) is 3.05. The van der Waals surface area contributed by atoms with Crippen LogP contribution in [0.25, 0.3) is 11.0 Å². The van der Waals surface area contributed by atoms with Crippen molar-refractivity contribution in [2.24, 2.45) is 0 Å². The molecule has 0 saturated heterocycles. The first-order chi connectivity index (χ1) is 9.00. The molecule has 1 aromatic carbocycles. The summed E-state index contributed by atoms with van der Waals surface area (Å²) in [5, 5.41) is 8.67. The van der Waals surface area contributed by atoms with Crippen LogP contribution in [0.15, 0.2) is 18.2 Å². The molecule has 0 aliphatic heterocycles. The van der Waals surface area contributed by atoms with Crippen molar-refractivity contribution in [3.05, 3.63) is 29.8 Å². The Labute approximate surface area is 110 Å². The predicted octanol–water partition coefficient (Wildman–Crippen LogP) is 3.16. The molecular formula is C14H17FN2O2. The van der Waals surface area contributed by atoms with Crippen molar-refractivity contribution in [3.8, 4) is 0 Å². The minimum absolute atomic E-state index is 0.101. The molecule has 0 atom stereocenters. The minimum atomic E-state index is -0.821. The van der Waals surface area contributed by atoms with E-state index in [1.54, 1.807) is 6.07 Å². The van der Waals surface area contributed by atoms with Gasteiger partial charge in [-0.3, -0.25) is 4.79 Å². The van der Waals surface area contributed by atoms with E-state index in [2.05, 4.69) is 4.98 Å². The summed E-state index contributed by atoms with van der Waals surface area (Å²) >= 11 is 0. The number of carboxylic acids is 1. The molecule has 1 aromatic heterocycles. The number of aryl methyl sites for hydroxylation is 1. The summed E-state index contributed by atoms with van der Waals surface area (Å²) < 4.78 is 15.7. The second-order valence-electron chi connectivity index (χ2n) is 4.85. The lowest BCUT2D eigenvalue weighted by atomic mass is 10.2. The fourth-order valence-electron chi connectivity index (χ4n) is 2.28. The maximum atomic E-state index is 13.7. The van der Waals surface area contributed by atoms with E-state index in [9.17, 15) is 9.18 Å². The smallest absolute Gasteiger partial charge is 0.303 e. The fraction of sp³-hybridized carbons (Fsp3) is 0.429. The fourth-order valence-corrected chi connectivity index (χ4v) is 2.28. The van der Waals surface area contributed by atoms with Gasteiger partial charge >= 0.3 is 5.97 Å². The Morgan fingerprint density at radius 1 is 1.47 bits per heavy atom. The molecule has 0 saturated carbocycles. The number of hydrogen-bond donors (Lipinski definition) is 1. The van der Waals surface area contributed by atoms with Crippen molar-refractivity contribution in [2.75, 3.05) is 0 Å². The van der Waals surface area contributed by atoms with Crippen molar-refractivity contribution in [2.45, 2.75) is 39.2 Å². The maximum absolute atomic E-state index is 13.7. The summed E-state index contributed by atoms with van der Waals surface area (Å²) in [7, 11) is 0. The highest BCUT2D eigenvalue weighted by molar-refractivity contribution is 5.76. The number of halogens is 1. The van der Waals surface area contributed by atoms with Crippen LogP contribution in [0.1, 0.15) is 38.6 Å². The molecule has 0 spiro atoms. The number of para-hydroxylation sites is 1. The second kappa shape index (κ2) is 5.38. The summed E-state index contributed by atoms with van der Waals surface area (Å²) in [5.74, 6) is -0.411. The Kier molecular flexibility index (Phi) is 3.83. The highest BCUT2D eigenvalue weighted by Gasteiger charge is 2.15. The minimum Gasteiger partial charge on any atom is -0.481 e. The van der Waals surface area contributed by atoms with Gasteiger partial charge in [-0.25, -0.2) is 9.37 Å².